The fourth-order valence-electron chi connectivity index (χ4n) is 5.38. The van der Waals surface area contributed by atoms with Gasteiger partial charge in [-0.05, 0) is 54.7 Å². The molecule has 3 amide bonds. The van der Waals surface area contributed by atoms with E-state index in [1.165, 1.54) is 18.9 Å². The fourth-order valence-corrected chi connectivity index (χ4v) is 5.38. The molecule has 0 saturated heterocycles. The van der Waals surface area contributed by atoms with Crippen LogP contribution in [0.25, 0.3) is 0 Å². The number of benzene rings is 2. The first-order valence-electron chi connectivity index (χ1n) is 16.7. The summed E-state index contributed by atoms with van der Waals surface area (Å²) in [5.41, 5.74) is 1.47. The van der Waals surface area contributed by atoms with Gasteiger partial charge in [-0.15, -0.1) is 0 Å². The van der Waals surface area contributed by atoms with Crippen molar-refractivity contribution < 1.29 is 38.1 Å². The number of hydrogen-bond donors (Lipinski definition) is 2. The summed E-state index contributed by atoms with van der Waals surface area (Å²) in [5, 5.41) is 5.85. The molecule has 0 unspecified atom stereocenters. The fraction of sp³-hybridized carbons (Fsp3) is 0.568. The van der Waals surface area contributed by atoms with Gasteiger partial charge < -0.3 is 34.5 Å². The number of carbonyl (C=O) groups is 4. The Morgan fingerprint density at radius 2 is 1.42 bits per heavy atom. The number of rotatable bonds is 19. The molecule has 0 aliphatic carbocycles. The lowest BCUT2D eigenvalue weighted by atomic mass is 9.96. The largest absolute Gasteiger partial charge is 0.497 e. The second kappa shape index (κ2) is 20.2. The molecule has 0 spiro atoms. The molecule has 0 heterocycles. The molecule has 2 rings (SSSR count). The van der Waals surface area contributed by atoms with Crippen LogP contribution in [0.4, 0.5) is 4.79 Å². The third kappa shape index (κ3) is 13.8. The summed E-state index contributed by atoms with van der Waals surface area (Å²) in [7, 11) is 3.08. The van der Waals surface area contributed by atoms with Crippen LogP contribution in [0.3, 0.4) is 0 Å². The van der Waals surface area contributed by atoms with Gasteiger partial charge in [-0.2, -0.15) is 0 Å². The van der Waals surface area contributed by atoms with E-state index in [0.717, 1.165) is 5.56 Å². The van der Waals surface area contributed by atoms with Gasteiger partial charge in [0.1, 0.15) is 36.8 Å². The highest BCUT2D eigenvalue weighted by atomic mass is 16.5. The van der Waals surface area contributed by atoms with E-state index >= 15 is 0 Å². The lowest BCUT2D eigenvalue weighted by Gasteiger charge is -2.36. The van der Waals surface area contributed by atoms with Gasteiger partial charge in [0.2, 0.25) is 11.8 Å². The minimum absolute atomic E-state index is 0.0126. The standard InChI is InChI=1S/C37H55N3O8/c1-24(2)17-30(23-47-27(7)41)38-35(42)33(19-26(5)6)40(21-29-15-16-31(45-8)20-34(29)46-9)36(43)32(18-25(3)4)39-37(44)48-22-28-13-11-10-12-14-28/h10-16,20,24-26,30,32-33H,17-19,21-23H2,1-9H3,(H,38,42)(H,39,44)/t30-,32-,33+/m0/s1. The van der Waals surface area contributed by atoms with E-state index in [1.807, 2.05) is 71.9 Å². The first kappa shape index (κ1) is 39.9. The van der Waals surface area contributed by atoms with Crippen LogP contribution in [-0.4, -0.2) is 67.7 Å². The number of nitrogens with zero attached hydrogens (tertiary/aromatic N) is 1. The second-order valence-corrected chi connectivity index (χ2v) is 13.3. The third-order valence-corrected chi connectivity index (χ3v) is 7.59. The Hall–Kier alpha value is -4.28. The van der Waals surface area contributed by atoms with E-state index in [1.54, 1.807) is 25.3 Å². The molecule has 11 heteroatoms. The Labute approximate surface area is 286 Å². The topological polar surface area (TPSA) is 132 Å². The predicted octanol–water partition coefficient (Wildman–Crippen LogP) is 5.88. The zero-order chi connectivity index (χ0) is 35.8. The van der Waals surface area contributed by atoms with Gasteiger partial charge in [-0.3, -0.25) is 14.4 Å². The van der Waals surface area contributed by atoms with E-state index in [-0.39, 0.29) is 43.4 Å². The molecule has 11 nitrogen and oxygen atoms in total. The second-order valence-electron chi connectivity index (χ2n) is 13.3. The lowest BCUT2D eigenvalue weighted by Crippen LogP contribution is -2.57. The maximum atomic E-state index is 14.7. The number of methoxy groups -OCH3 is 2. The maximum Gasteiger partial charge on any atom is 0.408 e. The van der Waals surface area contributed by atoms with Crippen molar-refractivity contribution in [3.05, 3.63) is 59.7 Å². The van der Waals surface area contributed by atoms with Crippen molar-refractivity contribution >= 4 is 23.9 Å². The molecule has 2 aromatic carbocycles. The molecule has 2 N–H and O–H groups in total. The molecule has 266 valence electrons. The lowest BCUT2D eigenvalue weighted by molar-refractivity contribution is -0.145. The molecule has 0 fully saturated rings. The Morgan fingerprint density at radius 1 is 0.771 bits per heavy atom. The number of amides is 3. The van der Waals surface area contributed by atoms with Crippen molar-refractivity contribution in [2.24, 2.45) is 17.8 Å². The number of esters is 1. The zero-order valence-electron chi connectivity index (χ0n) is 30.0. The molecule has 0 aliphatic heterocycles. The van der Waals surface area contributed by atoms with Crippen LogP contribution < -0.4 is 20.1 Å². The van der Waals surface area contributed by atoms with Crippen LogP contribution in [-0.2, 0) is 37.0 Å². The highest BCUT2D eigenvalue weighted by Gasteiger charge is 2.37. The van der Waals surface area contributed by atoms with Gasteiger partial charge in [0.15, 0.2) is 0 Å². The minimum atomic E-state index is -0.979. The van der Waals surface area contributed by atoms with Crippen LogP contribution in [0.2, 0.25) is 0 Å². The summed E-state index contributed by atoms with van der Waals surface area (Å²) in [6.07, 6.45) is 0.486. The van der Waals surface area contributed by atoms with Crippen LogP contribution in [0.15, 0.2) is 48.5 Å². The summed E-state index contributed by atoms with van der Waals surface area (Å²) >= 11 is 0. The van der Waals surface area contributed by atoms with Crippen molar-refractivity contribution in [1.82, 2.24) is 15.5 Å². The van der Waals surface area contributed by atoms with Crippen molar-refractivity contribution in [1.29, 1.82) is 0 Å². The summed E-state index contributed by atoms with van der Waals surface area (Å²) in [4.78, 5) is 55.1. The molecule has 0 saturated carbocycles. The Balaban J connectivity index is 2.54. The van der Waals surface area contributed by atoms with Crippen LogP contribution in [0.5, 0.6) is 11.5 Å². The van der Waals surface area contributed by atoms with Gasteiger partial charge in [-0.1, -0.05) is 71.9 Å². The van der Waals surface area contributed by atoms with Crippen molar-refractivity contribution in [2.75, 3.05) is 20.8 Å². The van der Waals surface area contributed by atoms with E-state index in [0.29, 0.717) is 36.3 Å². The highest BCUT2D eigenvalue weighted by molar-refractivity contribution is 5.91. The molecule has 2 aromatic rings. The van der Waals surface area contributed by atoms with E-state index in [2.05, 4.69) is 10.6 Å². The Morgan fingerprint density at radius 3 is 1.98 bits per heavy atom. The van der Waals surface area contributed by atoms with Crippen LogP contribution in [0.1, 0.15) is 78.9 Å². The quantitative estimate of drug-likeness (QED) is 0.177. The molecule has 48 heavy (non-hydrogen) atoms. The van der Waals surface area contributed by atoms with Gasteiger partial charge >= 0.3 is 12.1 Å². The molecular weight excluding hydrogens is 614 g/mol. The van der Waals surface area contributed by atoms with Crippen molar-refractivity contribution in [2.45, 2.75) is 99.0 Å². The van der Waals surface area contributed by atoms with E-state index < -0.39 is 36.1 Å². The number of carbonyl (C=O) groups excluding carboxylic acids is 4. The van der Waals surface area contributed by atoms with E-state index in [4.69, 9.17) is 18.9 Å². The molecule has 0 aliphatic rings. The number of ether oxygens (including phenoxy) is 4. The summed E-state index contributed by atoms with van der Waals surface area (Å²) in [5.74, 6) is 0.0720. The minimum Gasteiger partial charge on any atom is -0.497 e. The average Bonchev–Trinajstić information content (AvgIpc) is 3.03. The summed E-state index contributed by atoms with van der Waals surface area (Å²) < 4.78 is 21.8. The van der Waals surface area contributed by atoms with Gasteiger partial charge in [0.25, 0.3) is 0 Å². The molecule has 0 bridgehead atoms. The smallest absolute Gasteiger partial charge is 0.408 e. The van der Waals surface area contributed by atoms with Crippen molar-refractivity contribution in [3.63, 3.8) is 0 Å². The third-order valence-electron chi connectivity index (χ3n) is 7.59. The number of hydrogen-bond acceptors (Lipinski definition) is 8. The maximum absolute atomic E-state index is 14.7. The monoisotopic (exact) mass is 669 g/mol. The number of alkyl carbamates (subject to hydrolysis) is 1. The summed E-state index contributed by atoms with van der Waals surface area (Å²) in [6, 6.07) is 12.2. The zero-order valence-corrected chi connectivity index (χ0v) is 30.0. The Bertz CT molecular complexity index is 1310. The van der Waals surface area contributed by atoms with Crippen molar-refractivity contribution in [3.8, 4) is 11.5 Å². The SMILES string of the molecule is COc1ccc(CN(C(=O)[C@H](CC(C)C)NC(=O)OCc2ccccc2)[C@H](CC(C)C)C(=O)N[C@H](COC(C)=O)CC(C)C)c(OC)c1. The van der Waals surface area contributed by atoms with Gasteiger partial charge in [0.05, 0.1) is 26.8 Å². The molecule has 0 radical (unpaired) electrons. The van der Waals surface area contributed by atoms with Crippen LogP contribution >= 0.6 is 0 Å². The van der Waals surface area contributed by atoms with Crippen LogP contribution in [0, 0.1) is 17.8 Å². The summed E-state index contributed by atoms with van der Waals surface area (Å²) in [6.45, 7) is 13.3. The normalized spacial score (nSPS) is 13.0. The average molecular weight is 670 g/mol. The van der Waals surface area contributed by atoms with E-state index in [9.17, 15) is 19.2 Å². The first-order chi connectivity index (χ1) is 22.7. The Kier molecular flexibility index (Phi) is 16.8. The molecule has 0 aromatic heterocycles. The highest BCUT2D eigenvalue weighted by Crippen LogP contribution is 2.28. The molecule has 3 atom stereocenters. The first-order valence-corrected chi connectivity index (χ1v) is 16.7. The molecular formula is C37H55N3O8. The van der Waals surface area contributed by atoms with Gasteiger partial charge in [-0.25, -0.2) is 4.79 Å². The van der Waals surface area contributed by atoms with Gasteiger partial charge in [0, 0.05) is 18.6 Å². The predicted molar refractivity (Wildman–Crippen MR) is 184 cm³/mol. The number of nitrogens with one attached hydrogen (secondary N) is 2.